The predicted octanol–water partition coefficient (Wildman–Crippen LogP) is 2.82. The van der Waals surface area contributed by atoms with Gasteiger partial charge in [-0.2, -0.15) is 0 Å². The Morgan fingerprint density at radius 3 is 2.10 bits per heavy atom. The Morgan fingerprint density at radius 2 is 1.62 bits per heavy atom. The van der Waals surface area contributed by atoms with Crippen LogP contribution in [0.1, 0.15) is 60.8 Å². The van der Waals surface area contributed by atoms with Gasteiger partial charge in [-0.15, -0.1) is 0 Å². The highest BCUT2D eigenvalue weighted by molar-refractivity contribution is 5.97. The number of hydrogen-bond donors (Lipinski definition) is 1. The van der Waals surface area contributed by atoms with Gasteiger partial charge in [0.2, 0.25) is 11.8 Å². The molecule has 4 nitrogen and oxygen atoms in total. The maximum atomic E-state index is 12.7. The number of hydrogen-bond acceptors (Lipinski definition) is 2. The minimum absolute atomic E-state index is 0.00663. The lowest BCUT2D eigenvalue weighted by Crippen LogP contribution is -2.66. The number of unbranched alkanes of at least 4 members (excludes halogenated alkanes) is 1. The maximum absolute atomic E-state index is 12.7. The summed E-state index contributed by atoms with van der Waals surface area (Å²) >= 11 is 0. The van der Waals surface area contributed by atoms with Crippen molar-refractivity contribution in [1.29, 1.82) is 0 Å². The first-order chi connectivity index (χ1) is 9.75. The maximum Gasteiger partial charge on any atom is 0.246 e. The zero-order valence-corrected chi connectivity index (χ0v) is 14.5. The monoisotopic (exact) mass is 296 g/mol. The molecule has 122 valence electrons. The Morgan fingerprint density at radius 1 is 1.00 bits per heavy atom. The van der Waals surface area contributed by atoms with E-state index in [1.165, 1.54) is 6.42 Å². The van der Waals surface area contributed by atoms with Gasteiger partial charge in [0.15, 0.2) is 0 Å². The molecule has 1 saturated heterocycles. The van der Waals surface area contributed by atoms with Crippen LogP contribution in [0.2, 0.25) is 0 Å². The molecule has 1 heterocycles. The van der Waals surface area contributed by atoms with Crippen molar-refractivity contribution < 1.29 is 9.59 Å². The van der Waals surface area contributed by atoms with Gasteiger partial charge < -0.3 is 10.2 Å². The van der Waals surface area contributed by atoms with Crippen molar-refractivity contribution in [1.82, 2.24) is 10.2 Å². The second kappa shape index (κ2) is 7.81. The molecule has 0 aromatic carbocycles. The van der Waals surface area contributed by atoms with Crippen molar-refractivity contribution in [2.45, 2.75) is 72.9 Å². The average Bonchev–Trinajstić information content (AvgIpc) is 2.36. The van der Waals surface area contributed by atoms with Crippen LogP contribution in [0.5, 0.6) is 0 Å². The first-order valence-corrected chi connectivity index (χ1v) is 8.36. The van der Waals surface area contributed by atoms with E-state index in [1.807, 2.05) is 32.6 Å². The van der Waals surface area contributed by atoms with Crippen LogP contribution in [-0.4, -0.2) is 35.3 Å². The number of rotatable bonds is 7. The highest BCUT2D eigenvalue weighted by Crippen LogP contribution is 2.21. The van der Waals surface area contributed by atoms with Crippen molar-refractivity contribution in [3.05, 3.63) is 0 Å². The van der Waals surface area contributed by atoms with E-state index in [0.717, 1.165) is 12.8 Å². The zero-order valence-electron chi connectivity index (χ0n) is 14.5. The molecule has 1 aliphatic heterocycles. The summed E-state index contributed by atoms with van der Waals surface area (Å²) in [5.41, 5.74) is 0. The highest BCUT2D eigenvalue weighted by Gasteiger charge is 2.42. The number of carbonyl (C=O) groups is 2. The standard InChI is InChI=1S/C17H32N2O2/c1-11(2)9-7-8-10-19-15(13(5)6)16(20)18-14(12(3)4)17(19)21/h11-15H,7-10H2,1-6H3,(H,18,20). The van der Waals surface area contributed by atoms with E-state index in [-0.39, 0.29) is 35.7 Å². The second-order valence-electron chi connectivity index (χ2n) is 7.34. The van der Waals surface area contributed by atoms with E-state index in [9.17, 15) is 9.59 Å². The lowest BCUT2D eigenvalue weighted by atomic mass is 9.92. The van der Waals surface area contributed by atoms with Crippen molar-refractivity contribution in [2.75, 3.05) is 6.54 Å². The third kappa shape index (κ3) is 4.72. The molecule has 0 spiro atoms. The van der Waals surface area contributed by atoms with Crippen LogP contribution in [0.3, 0.4) is 0 Å². The Balaban J connectivity index is 2.75. The van der Waals surface area contributed by atoms with Crippen LogP contribution in [0.25, 0.3) is 0 Å². The fraction of sp³-hybridized carbons (Fsp3) is 0.882. The van der Waals surface area contributed by atoms with Crippen molar-refractivity contribution in [3.63, 3.8) is 0 Å². The molecule has 2 amide bonds. The Hall–Kier alpha value is -1.06. The van der Waals surface area contributed by atoms with Crippen LogP contribution < -0.4 is 5.32 Å². The van der Waals surface area contributed by atoms with Crippen molar-refractivity contribution in [3.8, 4) is 0 Å². The molecular weight excluding hydrogens is 264 g/mol. The molecule has 21 heavy (non-hydrogen) atoms. The number of carbonyl (C=O) groups excluding carboxylic acids is 2. The van der Waals surface area contributed by atoms with Gasteiger partial charge in [0.25, 0.3) is 0 Å². The zero-order chi connectivity index (χ0) is 16.2. The first kappa shape index (κ1) is 18.0. The fourth-order valence-electron chi connectivity index (χ4n) is 2.96. The molecule has 1 rings (SSSR count). The second-order valence-corrected chi connectivity index (χ2v) is 7.34. The van der Waals surface area contributed by atoms with Gasteiger partial charge in [-0.05, 0) is 24.2 Å². The predicted molar refractivity (Wildman–Crippen MR) is 85.8 cm³/mol. The van der Waals surface area contributed by atoms with Crippen molar-refractivity contribution >= 4 is 11.8 Å². The largest absolute Gasteiger partial charge is 0.342 e. The Kier molecular flexibility index (Phi) is 6.69. The van der Waals surface area contributed by atoms with E-state index in [1.54, 1.807) is 0 Å². The summed E-state index contributed by atoms with van der Waals surface area (Å²) < 4.78 is 0. The summed E-state index contributed by atoms with van der Waals surface area (Å²) in [7, 11) is 0. The molecule has 2 atom stereocenters. The molecule has 0 radical (unpaired) electrons. The van der Waals surface area contributed by atoms with Gasteiger partial charge in [0.05, 0.1) is 0 Å². The van der Waals surface area contributed by atoms with Gasteiger partial charge >= 0.3 is 0 Å². The van der Waals surface area contributed by atoms with Gasteiger partial charge in [0, 0.05) is 6.54 Å². The Labute approximate surface area is 129 Å². The lowest BCUT2D eigenvalue weighted by Gasteiger charge is -2.42. The van der Waals surface area contributed by atoms with Crippen LogP contribution in [0.4, 0.5) is 0 Å². The summed E-state index contributed by atoms with van der Waals surface area (Å²) in [5, 5.41) is 2.91. The van der Waals surface area contributed by atoms with E-state index >= 15 is 0 Å². The minimum atomic E-state index is -0.363. The number of amides is 2. The molecule has 0 aromatic heterocycles. The molecule has 1 aliphatic rings. The summed E-state index contributed by atoms with van der Waals surface area (Å²) in [5.74, 6) is 1.06. The average molecular weight is 296 g/mol. The van der Waals surface area contributed by atoms with Crippen LogP contribution in [0, 0.1) is 17.8 Å². The molecule has 4 heteroatoms. The molecule has 0 saturated carbocycles. The van der Waals surface area contributed by atoms with Crippen LogP contribution in [0.15, 0.2) is 0 Å². The third-order valence-electron chi connectivity index (χ3n) is 4.18. The number of nitrogens with one attached hydrogen (secondary N) is 1. The summed E-state index contributed by atoms with van der Waals surface area (Å²) in [6.07, 6.45) is 3.26. The third-order valence-corrected chi connectivity index (χ3v) is 4.18. The van der Waals surface area contributed by atoms with Crippen LogP contribution >= 0.6 is 0 Å². The first-order valence-electron chi connectivity index (χ1n) is 8.36. The summed E-state index contributed by atoms with van der Waals surface area (Å²) in [4.78, 5) is 26.8. The van der Waals surface area contributed by atoms with E-state index in [2.05, 4.69) is 19.2 Å². The quantitative estimate of drug-likeness (QED) is 0.734. The van der Waals surface area contributed by atoms with Gasteiger partial charge in [-0.1, -0.05) is 54.4 Å². The van der Waals surface area contributed by atoms with E-state index in [0.29, 0.717) is 12.5 Å². The smallest absolute Gasteiger partial charge is 0.246 e. The normalized spacial score (nSPS) is 23.4. The number of piperazine rings is 1. The number of nitrogens with zero attached hydrogens (tertiary/aromatic N) is 1. The molecule has 0 aliphatic carbocycles. The van der Waals surface area contributed by atoms with E-state index in [4.69, 9.17) is 0 Å². The Bertz CT molecular complexity index is 364. The summed E-state index contributed by atoms with van der Waals surface area (Å²) in [6, 6.07) is -0.677. The topological polar surface area (TPSA) is 49.4 Å². The van der Waals surface area contributed by atoms with E-state index < -0.39 is 0 Å². The van der Waals surface area contributed by atoms with Crippen molar-refractivity contribution in [2.24, 2.45) is 17.8 Å². The molecule has 0 aromatic rings. The molecule has 1 fully saturated rings. The minimum Gasteiger partial charge on any atom is -0.342 e. The lowest BCUT2D eigenvalue weighted by molar-refractivity contribution is -0.152. The molecule has 2 unspecified atom stereocenters. The van der Waals surface area contributed by atoms with Crippen LogP contribution in [-0.2, 0) is 9.59 Å². The molecule has 1 N–H and O–H groups in total. The molecular formula is C17H32N2O2. The highest BCUT2D eigenvalue weighted by atomic mass is 16.2. The summed E-state index contributed by atoms with van der Waals surface area (Å²) in [6.45, 7) is 13.1. The van der Waals surface area contributed by atoms with Gasteiger partial charge in [-0.25, -0.2) is 0 Å². The molecule has 0 bridgehead atoms. The SMILES string of the molecule is CC(C)CCCCN1C(=O)C(C(C)C)NC(=O)C1C(C)C. The van der Waals surface area contributed by atoms with Gasteiger partial charge in [-0.3, -0.25) is 9.59 Å². The fourth-order valence-corrected chi connectivity index (χ4v) is 2.96. The van der Waals surface area contributed by atoms with Gasteiger partial charge in [0.1, 0.15) is 12.1 Å².